The van der Waals surface area contributed by atoms with Crippen LogP contribution in [0, 0.1) is 13.8 Å². The van der Waals surface area contributed by atoms with Crippen molar-refractivity contribution in [1.29, 1.82) is 0 Å². The van der Waals surface area contributed by atoms with E-state index in [1.165, 1.54) is 10.4 Å². The van der Waals surface area contributed by atoms with Gasteiger partial charge in [-0.05, 0) is 19.4 Å². The van der Waals surface area contributed by atoms with Gasteiger partial charge in [0.2, 0.25) is 0 Å². The summed E-state index contributed by atoms with van der Waals surface area (Å²) < 4.78 is 0. The Labute approximate surface area is 124 Å². The van der Waals surface area contributed by atoms with Crippen molar-refractivity contribution in [2.75, 3.05) is 5.73 Å². The molecule has 3 aromatic rings. The summed E-state index contributed by atoms with van der Waals surface area (Å²) in [6.07, 6.45) is 5.06. The first-order valence-electron chi connectivity index (χ1n) is 6.06. The standard InChI is InChI=1S/C13H13N5S2/c1-7-8(2)20-13-11(7)12(14)17-9(18-13)6-19-10-5-15-3-4-16-10/h3-5H,6H2,1-2H3,(H2,14,17,18). The molecule has 0 bridgehead atoms. The van der Waals surface area contributed by atoms with Crippen molar-refractivity contribution < 1.29 is 0 Å². The number of nitrogens with zero attached hydrogens (tertiary/aromatic N) is 4. The van der Waals surface area contributed by atoms with Gasteiger partial charge in [-0.2, -0.15) is 0 Å². The predicted octanol–water partition coefficient (Wildman–Crippen LogP) is 2.97. The summed E-state index contributed by atoms with van der Waals surface area (Å²) in [5, 5.41) is 1.84. The first-order valence-corrected chi connectivity index (χ1v) is 7.86. The Kier molecular flexibility index (Phi) is 3.54. The van der Waals surface area contributed by atoms with Crippen molar-refractivity contribution >= 4 is 39.1 Å². The summed E-state index contributed by atoms with van der Waals surface area (Å²) in [5.41, 5.74) is 7.23. The molecule has 0 aliphatic carbocycles. The fraction of sp³-hybridized carbons (Fsp3) is 0.231. The lowest BCUT2D eigenvalue weighted by Crippen LogP contribution is -1.99. The van der Waals surface area contributed by atoms with E-state index in [9.17, 15) is 0 Å². The Bertz CT molecular complexity index is 754. The van der Waals surface area contributed by atoms with Gasteiger partial charge in [-0.1, -0.05) is 11.8 Å². The molecule has 0 unspecified atom stereocenters. The minimum absolute atomic E-state index is 0.562. The molecule has 3 aromatic heterocycles. The first-order chi connectivity index (χ1) is 9.65. The van der Waals surface area contributed by atoms with Crippen LogP contribution in [0.25, 0.3) is 10.2 Å². The van der Waals surface area contributed by atoms with Gasteiger partial charge in [0.25, 0.3) is 0 Å². The molecule has 2 N–H and O–H groups in total. The van der Waals surface area contributed by atoms with E-state index in [1.54, 1.807) is 41.7 Å². The largest absolute Gasteiger partial charge is 0.383 e. The molecular weight excluding hydrogens is 290 g/mol. The molecule has 0 amide bonds. The number of rotatable bonds is 3. The molecule has 0 aliphatic heterocycles. The Balaban J connectivity index is 1.89. The third-order valence-electron chi connectivity index (χ3n) is 2.99. The molecule has 3 rings (SSSR count). The molecule has 7 heteroatoms. The Hall–Kier alpha value is -1.73. The van der Waals surface area contributed by atoms with Crippen LogP contribution in [0.3, 0.4) is 0 Å². The molecule has 0 fully saturated rings. The smallest absolute Gasteiger partial charge is 0.142 e. The number of anilines is 1. The van der Waals surface area contributed by atoms with Crippen molar-refractivity contribution in [3.63, 3.8) is 0 Å². The van der Waals surface area contributed by atoms with Gasteiger partial charge in [0, 0.05) is 17.3 Å². The third-order valence-corrected chi connectivity index (χ3v) is 5.00. The third kappa shape index (κ3) is 2.46. The van der Waals surface area contributed by atoms with E-state index in [2.05, 4.69) is 33.8 Å². The molecule has 0 radical (unpaired) electrons. The summed E-state index contributed by atoms with van der Waals surface area (Å²) in [5.74, 6) is 1.92. The van der Waals surface area contributed by atoms with Crippen LogP contribution in [-0.2, 0) is 5.75 Å². The lowest BCUT2D eigenvalue weighted by atomic mass is 10.2. The molecule has 0 saturated heterocycles. The van der Waals surface area contributed by atoms with E-state index in [0.29, 0.717) is 11.6 Å². The molecule has 0 aliphatic rings. The fourth-order valence-electron chi connectivity index (χ4n) is 1.89. The molecule has 0 spiro atoms. The Morgan fingerprint density at radius 2 is 2.10 bits per heavy atom. The van der Waals surface area contributed by atoms with Crippen LogP contribution >= 0.6 is 23.1 Å². The van der Waals surface area contributed by atoms with Gasteiger partial charge in [0.1, 0.15) is 21.5 Å². The lowest BCUT2D eigenvalue weighted by Gasteiger charge is -2.03. The zero-order valence-corrected chi connectivity index (χ0v) is 12.8. The summed E-state index contributed by atoms with van der Waals surface area (Å²) in [4.78, 5) is 19.4. The average molecular weight is 303 g/mol. The molecule has 0 saturated carbocycles. The highest BCUT2D eigenvalue weighted by Crippen LogP contribution is 2.32. The van der Waals surface area contributed by atoms with E-state index in [-0.39, 0.29) is 0 Å². The minimum atomic E-state index is 0.562. The summed E-state index contributed by atoms with van der Waals surface area (Å²) in [6, 6.07) is 0. The quantitative estimate of drug-likeness (QED) is 0.749. The lowest BCUT2D eigenvalue weighted by molar-refractivity contribution is 1.04. The number of hydrogen-bond donors (Lipinski definition) is 1. The highest BCUT2D eigenvalue weighted by atomic mass is 32.2. The number of nitrogen functional groups attached to an aromatic ring is 1. The highest BCUT2D eigenvalue weighted by Gasteiger charge is 2.12. The van der Waals surface area contributed by atoms with Gasteiger partial charge in [0.15, 0.2) is 0 Å². The zero-order chi connectivity index (χ0) is 14.1. The van der Waals surface area contributed by atoms with Crippen molar-refractivity contribution in [3.8, 4) is 0 Å². The maximum absolute atomic E-state index is 6.06. The normalized spacial score (nSPS) is 11.1. The van der Waals surface area contributed by atoms with Gasteiger partial charge < -0.3 is 5.73 Å². The number of fused-ring (bicyclic) bond motifs is 1. The van der Waals surface area contributed by atoms with Gasteiger partial charge in [-0.15, -0.1) is 11.3 Å². The zero-order valence-electron chi connectivity index (χ0n) is 11.1. The molecule has 102 valence electrons. The monoisotopic (exact) mass is 303 g/mol. The molecule has 0 aromatic carbocycles. The second-order valence-corrected chi connectivity index (χ2v) is 6.52. The van der Waals surface area contributed by atoms with E-state index >= 15 is 0 Å². The Morgan fingerprint density at radius 3 is 2.85 bits per heavy atom. The van der Waals surface area contributed by atoms with Gasteiger partial charge >= 0.3 is 0 Å². The first kappa shape index (κ1) is 13.3. The van der Waals surface area contributed by atoms with E-state index in [0.717, 1.165) is 21.1 Å². The number of nitrogens with two attached hydrogens (primary N) is 1. The van der Waals surface area contributed by atoms with Crippen LogP contribution < -0.4 is 5.73 Å². The van der Waals surface area contributed by atoms with Crippen molar-refractivity contribution in [3.05, 3.63) is 34.9 Å². The number of thioether (sulfide) groups is 1. The fourth-order valence-corrected chi connectivity index (χ4v) is 3.62. The summed E-state index contributed by atoms with van der Waals surface area (Å²) >= 11 is 3.21. The van der Waals surface area contributed by atoms with Crippen LogP contribution in [0.1, 0.15) is 16.3 Å². The number of hydrogen-bond acceptors (Lipinski definition) is 7. The van der Waals surface area contributed by atoms with Crippen molar-refractivity contribution in [2.24, 2.45) is 0 Å². The average Bonchev–Trinajstić information content (AvgIpc) is 2.73. The van der Waals surface area contributed by atoms with Crippen LogP contribution in [0.4, 0.5) is 5.82 Å². The van der Waals surface area contributed by atoms with Crippen LogP contribution in [0.15, 0.2) is 23.6 Å². The van der Waals surface area contributed by atoms with E-state index in [4.69, 9.17) is 5.73 Å². The Morgan fingerprint density at radius 1 is 1.25 bits per heavy atom. The maximum Gasteiger partial charge on any atom is 0.142 e. The predicted molar refractivity (Wildman–Crippen MR) is 82.9 cm³/mol. The second-order valence-electron chi connectivity index (χ2n) is 4.32. The van der Waals surface area contributed by atoms with Crippen LogP contribution in [0.5, 0.6) is 0 Å². The maximum atomic E-state index is 6.06. The van der Waals surface area contributed by atoms with E-state index < -0.39 is 0 Å². The molecule has 20 heavy (non-hydrogen) atoms. The molecule has 5 nitrogen and oxygen atoms in total. The van der Waals surface area contributed by atoms with E-state index in [1.807, 2.05) is 0 Å². The summed E-state index contributed by atoms with van der Waals surface area (Å²) in [6.45, 7) is 4.14. The van der Waals surface area contributed by atoms with Gasteiger partial charge in [0.05, 0.1) is 17.3 Å². The molecule has 3 heterocycles. The van der Waals surface area contributed by atoms with Crippen molar-refractivity contribution in [2.45, 2.75) is 24.6 Å². The topological polar surface area (TPSA) is 77.6 Å². The van der Waals surface area contributed by atoms with Gasteiger partial charge in [-0.3, -0.25) is 4.98 Å². The van der Waals surface area contributed by atoms with Crippen LogP contribution in [0.2, 0.25) is 0 Å². The summed E-state index contributed by atoms with van der Waals surface area (Å²) in [7, 11) is 0. The highest BCUT2D eigenvalue weighted by molar-refractivity contribution is 7.98. The minimum Gasteiger partial charge on any atom is -0.383 e. The van der Waals surface area contributed by atoms with Gasteiger partial charge in [-0.25, -0.2) is 15.0 Å². The van der Waals surface area contributed by atoms with Crippen molar-refractivity contribution in [1.82, 2.24) is 19.9 Å². The second kappa shape index (κ2) is 5.34. The molecule has 0 atom stereocenters. The molecular formula is C13H13N5S2. The number of thiophene rings is 1. The number of aryl methyl sites for hydroxylation is 2. The van der Waals surface area contributed by atoms with Crippen LogP contribution in [-0.4, -0.2) is 19.9 Å². The SMILES string of the molecule is Cc1sc2nc(CSc3cnccn3)nc(N)c2c1C. The number of aromatic nitrogens is 4.